The largest absolute Gasteiger partial charge is 0.488 e. The van der Waals surface area contributed by atoms with Gasteiger partial charge in [0.15, 0.2) is 0 Å². The highest BCUT2D eigenvalue weighted by Crippen LogP contribution is 2.47. The number of benzene rings is 5. The minimum absolute atomic E-state index is 0.0359. The number of hydrogen-bond acceptors (Lipinski definition) is 3. The molecule has 1 aliphatic carbocycles. The Balaban J connectivity index is 0.00000188. The highest BCUT2D eigenvalue weighted by atomic mass is 16.4. The number of nitrogens with zero attached hydrogens (tertiary/aromatic N) is 1. The molecule has 0 saturated carbocycles. The number of rotatable bonds is 7. The van der Waals surface area contributed by atoms with Crippen molar-refractivity contribution in [3.05, 3.63) is 151 Å². The van der Waals surface area contributed by atoms with Gasteiger partial charge in [-0.1, -0.05) is 125 Å². The Bertz CT molecular complexity index is 1770. The first-order valence-electron chi connectivity index (χ1n) is 15.3. The molecule has 4 heteroatoms. The Kier molecular flexibility index (Phi) is 9.05. The van der Waals surface area contributed by atoms with Gasteiger partial charge in [0.2, 0.25) is 0 Å². The zero-order valence-electron chi connectivity index (χ0n) is 26.3. The molecule has 0 atom stereocenters. The van der Waals surface area contributed by atoms with E-state index in [4.69, 9.17) is 0 Å². The molecule has 6 rings (SSSR count). The first kappa shape index (κ1) is 30.8. The standard InChI is InChI=1S/C38H34BNO2.C2H6/c1-5-35-26(2)38(3,4)37-25-30(15-24-36(35)37)29-13-20-33(21-14-29)40(34-22-16-31(17-23-34)39(41)42)32-18-11-28(12-19-32)27-9-7-6-8-10-27;1-2/h5-25,41-42H,1H2,2-4H3;1-2H3. The fraction of sp³-hybridized carbons (Fsp3) is 0.150. The van der Waals surface area contributed by atoms with Crippen molar-refractivity contribution in [1.29, 1.82) is 0 Å². The van der Waals surface area contributed by atoms with Crippen LogP contribution in [0.2, 0.25) is 0 Å². The minimum Gasteiger partial charge on any atom is -0.423 e. The van der Waals surface area contributed by atoms with Crippen molar-refractivity contribution in [2.24, 2.45) is 0 Å². The van der Waals surface area contributed by atoms with Crippen LogP contribution >= 0.6 is 0 Å². The van der Waals surface area contributed by atoms with Crippen molar-refractivity contribution in [2.75, 3.05) is 4.90 Å². The number of hydrogen-bond donors (Lipinski definition) is 2. The molecular formula is C40H40BNO2. The number of anilines is 3. The topological polar surface area (TPSA) is 43.7 Å². The fourth-order valence-electron chi connectivity index (χ4n) is 5.96. The summed E-state index contributed by atoms with van der Waals surface area (Å²) < 4.78 is 0. The van der Waals surface area contributed by atoms with Crippen molar-refractivity contribution >= 4 is 35.2 Å². The third-order valence-corrected chi connectivity index (χ3v) is 8.67. The maximum Gasteiger partial charge on any atom is 0.488 e. The SMILES string of the molecule is C=CC1=C(C)C(C)(C)c2cc(-c3ccc(N(c4ccc(B(O)O)cc4)c4ccc(-c5ccccc5)cc4)cc3)ccc21.CC. The second-order valence-electron chi connectivity index (χ2n) is 11.4. The molecule has 0 aliphatic heterocycles. The van der Waals surface area contributed by atoms with E-state index < -0.39 is 7.12 Å². The maximum absolute atomic E-state index is 9.63. The molecule has 0 unspecified atom stereocenters. The Labute approximate surface area is 262 Å². The van der Waals surface area contributed by atoms with Crippen molar-refractivity contribution in [3.8, 4) is 22.3 Å². The van der Waals surface area contributed by atoms with Crippen LogP contribution in [-0.4, -0.2) is 17.2 Å². The number of fused-ring (bicyclic) bond motifs is 1. The van der Waals surface area contributed by atoms with Crippen molar-refractivity contribution in [2.45, 2.75) is 40.0 Å². The van der Waals surface area contributed by atoms with Crippen molar-refractivity contribution in [1.82, 2.24) is 0 Å². The van der Waals surface area contributed by atoms with E-state index in [-0.39, 0.29) is 5.41 Å². The molecule has 0 fully saturated rings. The average molecular weight is 578 g/mol. The molecule has 3 nitrogen and oxygen atoms in total. The van der Waals surface area contributed by atoms with Gasteiger partial charge in [-0.3, -0.25) is 0 Å². The van der Waals surface area contributed by atoms with Crippen LogP contribution in [0.3, 0.4) is 0 Å². The molecule has 0 amide bonds. The van der Waals surface area contributed by atoms with Gasteiger partial charge in [0.05, 0.1) is 0 Å². The maximum atomic E-state index is 9.63. The summed E-state index contributed by atoms with van der Waals surface area (Å²) in [7, 11) is -1.50. The summed E-state index contributed by atoms with van der Waals surface area (Å²) in [6, 6.07) is 41.6. The first-order valence-corrected chi connectivity index (χ1v) is 15.3. The molecule has 2 N–H and O–H groups in total. The van der Waals surface area contributed by atoms with E-state index >= 15 is 0 Å². The van der Waals surface area contributed by atoms with E-state index in [0.29, 0.717) is 5.46 Å². The molecule has 44 heavy (non-hydrogen) atoms. The summed E-state index contributed by atoms with van der Waals surface area (Å²) in [5.41, 5.74) is 13.2. The second-order valence-corrected chi connectivity index (χ2v) is 11.4. The van der Waals surface area contributed by atoms with Gasteiger partial charge < -0.3 is 14.9 Å². The summed E-state index contributed by atoms with van der Waals surface area (Å²) in [5.74, 6) is 0. The van der Waals surface area contributed by atoms with Crippen LogP contribution < -0.4 is 10.4 Å². The molecule has 0 bridgehead atoms. The Morgan fingerprint density at radius 3 is 1.59 bits per heavy atom. The van der Waals surface area contributed by atoms with E-state index in [1.807, 2.05) is 50.3 Å². The molecular weight excluding hydrogens is 537 g/mol. The van der Waals surface area contributed by atoms with Crippen LogP contribution in [0, 0.1) is 0 Å². The molecule has 1 aliphatic rings. The molecule has 0 radical (unpaired) electrons. The Hall–Kier alpha value is -4.64. The van der Waals surface area contributed by atoms with Gasteiger partial charge in [0.1, 0.15) is 0 Å². The average Bonchev–Trinajstić information content (AvgIpc) is 3.26. The Morgan fingerprint density at radius 1 is 0.636 bits per heavy atom. The van der Waals surface area contributed by atoms with Crippen molar-refractivity contribution in [3.63, 3.8) is 0 Å². The molecule has 0 spiro atoms. The zero-order chi connectivity index (χ0) is 31.4. The van der Waals surface area contributed by atoms with Crippen LogP contribution in [0.15, 0.2) is 140 Å². The lowest BCUT2D eigenvalue weighted by molar-refractivity contribution is 0.426. The molecule has 0 aromatic heterocycles. The van der Waals surface area contributed by atoms with Gasteiger partial charge in [-0.25, -0.2) is 0 Å². The fourth-order valence-corrected chi connectivity index (χ4v) is 5.96. The molecule has 0 saturated heterocycles. The predicted molar refractivity (Wildman–Crippen MR) is 189 cm³/mol. The van der Waals surface area contributed by atoms with E-state index in [2.05, 4.69) is 111 Å². The van der Waals surface area contributed by atoms with Gasteiger partial charge in [-0.2, -0.15) is 0 Å². The summed E-state index contributed by atoms with van der Waals surface area (Å²) >= 11 is 0. The molecule has 5 aromatic carbocycles. The van der Waals surface area contributed by atoms with Crippen molar-refractivity contribution < 1.29 is 10.0 Å². The van der Waals surface area contributed by atoms with Gasteiger partial charge in [0, 0.05) is 22.5 Å². The minimum atomic E-state index is -1.50. The van der Waals surface area contributed by atoms with E-state index in [1.54, 1.807) is 12.1 Å². The molecule has 220 valence electrons. The van der Waals surface area contributed by atoms with Crippen LogP contribution in [0.4, 0.5) is 17.1 Å². The van der Waals surface area contributed by atoms with E-state index in [9.17, 15) is 10.0 Å². The van der Waals surface area contributed by atoms with E-state index in [0.717, 1.165) is 28.2 Å². The smallest absolute Gasteiger partial charge is 0.423 e. The predicted octanol–water partition coefficient (Wildman–Crippen LogP) is 9.45. The zero-order valence-corrected chi connectivity index (χ0v) is 26.3. The lowest BCUT2D eigenvalue weighted by atomic mass is 9.80. The third-order valence-electron chi connectivity index (χ3n) is 8.67. The van der Waals surface area contributed by atoms with Gasteiger partial charge in [0.25, 0.3) is 0 Å². The first-order chi connectivity index (χ1) is 21.3. The second kappa shape index (κ2) is 12.9. The van der Waals surface area contributed by atoms with Crippen LogP contribution in [0.1, 0.15) is 45.7 Å². The van der Waals surface area contributed by atoms with Crippen LogP contribution in [0.5, 0.6) is 0 Å². The third kappa shape index (κ3) is 5.79. The molecule has 5 aromatic rings. The van der Waals surface area contributed by atoms with Crippen LogP contribution in [0.25, 0.3) is 27.8 Å². The van der Waals surface area contributed by atoms with Crippen LogP contribution in [-0.2, 0) is 5.41 Å². The highest BCUT2D eigenvalue weighted by molar-refractivity contribution is 6.58. The summed E-state index contributed by atoms with van der Waals surface area (Å²) in [6.07, 6.45) is 1.98. The summed E-state index contributed by atoms with van der Waals surface area (Å²) in [4.78, 5) is 2.18. The normalized spacial score (nSPS) is 13.1. The van der Waals surface area contributed by atoms with Gasteiger partial charge in [-0.15, -0.1) is 0 Å². The quantitative estimate of drug-likeness (QED) is 0.189. The monoisotopic (exact) mass is 577 g/mol. The van der Waals surface area contributed by atoms with E-state index in [1.165, 1.54) is 33.4 Å². The summed E-state index contributed by atoms with van der Waals surface area (Å²) in [6.45, 7) is 14.8. The van der Waals surface area contributed by atoms with Gasteiger partial charge >= 0.3 is 7.12 Å². The highest BCUT2D eigenvalue weighted by Gasteiger charge is 2.34. The molecule has 0 heterocycles. The number of allylic oxidation sites excluding steroid dienone is 3. The lowest BCUT2D eigenvalue weighted by Crippen LogP contribution is -2.29. The van der Waals surface area contributed by atoms with Gasteiger partial charge in [-0.05, 0) is 93.8 Å². The Morgan fingerprint density at radius 2 is 1.09 bits per heavy atom. The lowest BCUT2D eigenvalue weighted by Gasteiger charge is -2.26. The summed E-state index contributed by atoms with van der Waals surface area (Å²) in [5, 5.41) is 19.3.